The van der Waals surface area contributed by atoms with Gasteiger partial charge in [0.15, 0.2) is 11.0 Å². The van der Waals surface area contributed by atoms with Gasteiger partial charge in [0.05, 0.1) is 22.4 Å². The van der Waals surface area contributed by atoms with Crippen LogP contribution in [-0.2, 0) is 11.3 Å². The van der Waals surface area contributed by atoms with E-state index in [1.54, 1.807) is 18.2 Å². The lowest BCUT2D eigenvalue weighted by Crippen LogP contribution is -2.32. The van der Waals surface area contributed by atoms with Crippen LogP contribution in [0, 0.1) is 19.8 Å². The van der Waals surface area contributed by atoms with Gasteiger partial charge in [0.2, 0.25) is 5.91 Å². The standard InChI is InChI=1S/C27H31Cl2N5O2S/c1-6-11-34-25(23(12-16(2)3)31-26(36)20-9-8-19(28)14-21(20)29)32-33-27(34)37-15-24(35)30-22-10-7-17(4)13-18(22)5/h6-10,13-14,16,23H,1,11-12,15H2,2-5H3,(H,30,35)(H,31,36)/t23-/m0/s1. The molecule has 1 aromatic heterocycles. The molecule has 0 aliphatic rings. The van der Waals surface area contributed by atoms with Gasteiger partial charge in [-0.15, -0.1) is 16.8 Å². The number of thioether (sulfide) groups is 1. The number of rotatable bonds is 11. The van der Waals surface area contributed by atoms with E-state index in [9.17, 15) is 9.59 Å². The van der Waals surface area contributed by atoms with Crippen molar-refractivity contribution < 1.29 is 9.59 Å². The van der Waals surface area contributed by atoms with Gasteiger partial charge in [0.25, 0.3) is 5.91 Å². The third-order valence-electron chi connectivity index (χ3n) is 5.55. The van der Waals surface area contributed by atoms with Gasteiger partial charge in [-0.05, 0) is 56.0 Å². The van der Waals surface area contributed by atoms with Gasteiger partial charge in [-0.3, -0.25) is 9.59 Å². The van der Waals surface area contributed by atoms with E-state index in [0.717, 1.165) is 16.8 Å². The van der Waals surface area contributed by atoms with E-state index in [0.29, 0.717) is 34.5 Å². The van der Waals surface area contributed by atoms with Crippen LogP contribution in [0.4, 0.5) is 5.69 Å². The number of halogens is 2. The number of allylic oxidation sites excluding steroid dienone is 1. The average molecular weight is 561 g/mol. The molecule has 0 aliphatic heterocycles. The van der Waals surface area contributed by atoms with Gasteiger partial charge >= 0.3 is 0 Å². The van der Waals surface area contributed by atoms with E-state index in [-0.39, 0.29) is 28.5 Å². The van der Waals surface area contributed by atoms with Crippen LogP contribution >= 0.6 is 35.0 Å². The van der Waals surface area contributed by atoms with Crippen molar-refractivity contribution >= 4 is 52.5 Å². The number of carbonyl (C=O) groups is 2. The van der Waals surface area contributed by atoms with Crippen LogP contribution in [0.5, 0.6) is 0 Å². The minimum atomic E-state index is -0.426. The second kappa shape index (κ2) is 13.1. The molecule has 0 unspecified atom stereocenters. The molecule has 0 bridgehead atoms. The van der Waals surface area contributed by atoms with Crippen molar-refractivity contribution in [1.29, 1.82) is 0 Å². The van der Waals surface area contributed by atoms with E-state index < -0.39 is 6.04 Å². The van der Waals surface area contributed by atoms with Gasteiger partial charge in [-0.2, -0.15) is 0 Å². The zero-order valence-corrected chi connectivity index (χ0v) is 23.7. The molecule has 2 amide bonds. The quantitative estimate of drug-likeness (QED) is 0.203. The molecule has 0 saturated heterocycles. The number of nitrogens with one attached hydrogen (secondary N) is 2. The first-order valence-corrected chi connectivity index (χ1v) is 13.6. The van der Waals surface area contributed by atoms with Gasteiger partial charge in [-0.25, -0.2) is 0 Å². The number of aromatic nitrogens is 3. The minimum absolute atomic E-state index is 0.143. The Morgan fingerprint density at radius 3 is 2.54 bits per heavy atom. The van der Waals surface area contributed by atoms with Crippen LogP contribution in [0.2, 0.25) is 10.0 Å². The predicted molar refractivity (Wildman–Crippen MR) is 152 cm³/mol. The molecule has 3 aromatic rings. The van der Waals surface area contributed by atoms with E-state index in [4.69, 9.17) is 23.2 Å². The molecule has 0 fully saturated rings. The normalized spacial score (nSPS) is 11.9. The molecule has 37 heavy (non-hydrogen) atoms. The van der Waals surface area contributed by atoms with Crippen LogP contribution < -0.4 is 10.6 Å². The number of nitrogens with zero attached hydrogens (tertiary/aromatic N) is 3. The lowest BCUT2D eigenvalue weighted by molar-refractivity contribution is -0.113. The molecule has 7 nitrogen and oxygen atoms in total. The highest BCUT2D eigenvalue weighted by molar-refractivity contribution is 7.99. The van der Waals surface area contributed by atoms with Crippen molar-refractivity contribution in [2.45, 2.75) is 51.9 Å². The van der Waals surface area contributed by atoms with Crippen molar-refractivity contribution in [3.05, 3.63) is 81.6 Å². The number of aryl methyl sites for hydroxylation is 2. The molecular weight excluding hydrogens is 529 g/mol. The Balaban J connectivity index is 1.79. The second-order valence-electron chi connectivity index (χ2n) is 9.18. The van der Waals surface area contributed by atoms with Gasteiger partial charge in [0, 0.05) is 17.3 Å². The Labute approximate surface area is 232 Å². The Morgan fingerprint density at radius 1 is 1.14 bits per heavy atom. The largest absolute Gasteiger partial charge is 0.342 e. The fourth-order valence-corrected chi connectivity index (χ4v) is 5.09. The Morgan fingerprint density at radius 2 is 1.89 bits per heavy atom. The maximum atomic E-state index is 13.1. The van der Waals surface area contributed by atoms with Crippen molar-refractivity contribution in [3.8, 4) is 0 Å². The van der Waals surface area contributed by atoms with Crippen LogP contribution in [0.25, 0.3) is 0 Å². The van der Waals surface area contributed by atoms with Gasteiger partial charge < -0.3 is 15.2 Å². The third kappa shape index (κ3) is 7.84. The molecule has 0 saturated carbocycles. The summed E-state index contributed by atoms with van der Waals surface area (Å²) in [6.07, 6.45) is 2.36. The van der Waals surface area contributed by atoms with E-state index in [2.05, 4.69) is 41.3 Å². The number of hydrogen-bond acceptors (Lipinski definition) is 5. The number of benzene rings is 2. The van der Waals surface area contributed by atoms with Crippen molar-refractivity contribution in [2.24, 2.45) is 5.92 Å². The van der Waals surface area contributed by atoms with E-state index >= 15 is 0 Å². The zero-order chi connectivity index (χ0) is 27.1. The molecule has 1 heterocycles. The lowest BCUT2D eigenvalue weighted by Gasteiger charge is -2.21. The maximum Gasteiger partial charge on any atom is 0.253 e. The number of hydrogen-bond donors (Lipinski definition) is 2. The number of amides is 2. The van der Waals surface area contributed by atoms with Gasteiger partial charge in [0.1, 0.15) is 0 Å². The summed E-state index contributed by atoms with van der Waals surface area (Å²) >= 11 is 13.5. The van der Waals surface area contributed by atoms with Crippen molar-refractivity contribution in [1.82, 2.24) is 20.1 Å². The molecule has 2 N–H and O–H groups in total. The van der Waals surface area contributed by atoms with Gasteiger partial charge in [-0.1, -0.05) is 72.6 Å². The number of anilines is 1. The molecular formula is C27H31Cl2N5O2S. The van der Waals surface area contributed by atoms with Crippen LogP contribution in [0.1, 0.15) is 53.6 Å². The van der Waals surface area contributed by atoms with E-state index in [1.165, 1.54) is 17.8 Å². The smallest absolute Gasteiger partial charge is 0.253 e. The van der Waals surface area contributed by atoms with E-state index in [1.807, 2.05) is 36.6 Å². The fraction of sp³-hybridized carbons (Fsp3) is 0.333. The Bertz CT molecular complexity index is 1290. The summed E-state index contributed by atoms with van der Waals surface area (Å²) in [5.74, 6) is 0.534. The minimum Gasteiger partial charge on any atom is -0.342 e. The first kappa shape index (κ1) is 28.8. The van der Waals surface area contributed by atoms with Crippen LogP contribution in [-0.4, -0.2) is 32.3 Å². The molecule has 0 aliphatic carbocycles. The summed E-state index contributed by atoms with van der Waals surface area (Å²) in [7, 11) is 0. The summed E-state index contributed by atoms with van der Waals surface area (Å²) < 4.78 is 1.87. The summed E-state index contributed by atoms with van der Waals surface area (Å²) in [6.45, 7) is 12.4. The van der Waals surface area contributed by atoms with Crippen molar-refractivity contribution in [2.75, 3.05) is 11.1 Å². The topological polar surface area (TPSA) is 88.9 Å². The second-order valence-corrected chi connectivity index (χ2v) is 11.0. The average Bonchev–Trinajstić information content (AvgIpc) is 3.21. The summed E-state index contributed by atoms with van der Waals surface area (Å²) in [6, 6.07) is 10.2. The molecule has 10 heteroatoms. The molecule has 2 aromatic carbocycles. The first-order chi connectivity index (χ1) is 17.6. The third-order valence-corrected chi connectivity index (χ3v) is 7.06. The van der Waals surface area contributed by atoms with Crippen molar-refractivity contribution in [3.63, 3.8) is 0 Å². The molecule has 196 valence electrons. The highest BCUT2D eigenvalue weighted by Gasteiger charge is 2.25. The summed E-state index contributed by atoms with van der Waals surface area (Å²) in [5.41, 5.74) is 3.25. The fourth-order valence-electron chi connectivity index (χ4n) is 3.85. The highest BCUT2D eigenvalue weighted by Crippen LogP contribution is 2.27. The Hall–Kier alpha value is -2.81. The molecule has 0 radical (unpaired) electrons. The summed E-state index contributed by atoms with van der Waals surface area (Å²) in [5, 5.41) is 16.0. The zero-order valence-electron chi connectivity index (χ0n) is 21.3. The molecule has 3 rings (SSSR count). The SMILES string of the molecule is C=CCn1c(SCC(=O)Nc2ccc(C)cc2C)nnc1[C@H](CC(C)C)NC(=O)c1ccc(Cl)cc1Cl. The van der Waals surface area contributed by atoms with Crippen LogP contribution in [0.3, 0.4) is 0 Å². The monoisotopic (exact) mass is 559 g/mol. The lowest BCUT2D eigenvalue weighted by atomic mass is 10.0. The Kier molecular flexibility index (Phi) is 10.2. The summed E-state index contributed by atoms with van der Waals surface area (Å²) in [4.78, 5) is 25.7. The maximum absolute atomic E-state index is 13.1. The predicted octanol–water partition coefficient (Wildman–Crippen LogP) is 6.64. The molecule has 0 spiro atoms. The molecule has 1 atom stereocenters. The van der Waals surface area contributed by atoms with Crippen LogP contribution in [0.15, 0.2) is 54.2 Å². The first-order valence-electron chi connectivity index (χ1n) is 11.9. The highest BCUT2D eigenvalue weighted by atomic mass is 35.5. The number of carbonyl (C=O) groups excluding carboxylic acids is 2.